The predicted octanol–water partition coefficient (Wildman–Crippen LogP) is 5.21. The summed E-state index contributed by atoms with van der Waals surface area (Å²) in [6.45, 7) is 3.95. The first kappa shape index (κ1) is 24.1. The number of furan rings is 1. The fourth-order valence-electron chi connectivity index (χ4n) is 3.49. The number of nitrogens with zero attached hydrogens (tertiary/aromatic N) is 3. The maximum Gasteiger partial charge on any atom is 0.335 e. The summed E-state index contributed by atoms with van der Waals surface area (Å²) in [6.07, 6.45) is 2.11. The van der Waals surface area contributed by atoms with E-state index in [2.05, 4.69) is 26.0 Å². The summed E-state index contributed by atoms with van der Waals surface area (Å²) in [5, 5.41) is 23.4. The van der Waals surface area contributed by atoms with Crippen LogP contribution in [0.2, 0.25) is 0 Å². The Balaban J connectivity index is 1.76. The van der Waals surface area contributed by atoms with E-state index < -0.39 is 11.9 Å². The van der Waals surface area contributed by atoms with Crippen molar-refractivity contribution in [3.05, 3.63) is 86.1 Å². The lowest BCUT2D eigenvalue weighted by Crippen LogP contribution is -2.23. The van der Waals surface area contributed by atoms with E-state index in [0.717, 1.165) is 17.0 Å². The average molecular weight is 538 g/mol. The van der Waals surface area contributed by atoms with E-state index in [-0.39, 0.29) is 39.7 Å². The Kier molecular flexibility index (Phi) is 6.65. The summed E-state index contributed by atoms with van der Waals surface area (Å²) in [5.41, 5.74) is 0.189. The molecule has 35 heavy (non-hydrogen) atoms. The van der Waals surface area contributed by atoms with Crippen molar-refractivity contribution in [3.8, 4) is 11.3 Å². The third-order valence-corrected chi connectivity index (χ3v) is 6.02. The minimum atomic E-state index is -1.25. The molecule has 4 rings (SSSR count). The van der Waals surface area contributed by atoms with E-state index >= 15 is 0 Å². The number of carboxylic acids is 2. The van der Waals surface area contributed by atoms with Crippen LogP contribution in [0, 0.1) is 0 Å². The number of hydrogen-bond acceptors (Lipinski definition) is 6. The van der Waals surface area contributed by atoms with Crippen molar-refractivity contribution >= 4 is 45.0 Å². The molecule has 10 heteroatoms. The largest absolute Gasteiger partial charge is 0.478 e. The van der Waals surface area contributed by atoms with E-state index in [1.807, 2.05) is 19.9 Å². The smallest absolute Gasteiger partial charge is 0.335 e. The molecule has 0 bridgehead atoms. The highest BCUT2D eigenvalue weighted by Gasteiger charge is 2.17. The molecule has 0 saturated heterocycles. The van der Waals surface area contributed by atoms with Crippen molar-refractivity contribution < 1.29 is 24.2 Å². The molecule has 2 heterocycles. The van der Waals surface area contributed by atoms with Crippen molar-refractivity contribution in [2.75, 3.05) is 0 Å². The first-order valence-corrected chi connectivity index (χ1v) is 11.5. The quantitative estimate of drug-likeness (QED) is 0.309. The molecule has 0 aliphatic heterocycles. The SMILES string of the molecule is CC[C@H](C)c1nc2ccc(Br)cc2c(=O)n1N=Cc1ccc(-c2cc(C(=O)O)cc(C(=O)O)c2)o1. The molecule has 0 aliphatic rings. The first-order chi connectivity index (χ1) is 16.7. The second-order valence-corrected chi connectivity index (χ2v) is 8.83. The molecule has 0 saturated carbocycles. The van der Waals surface area contributed by atoms with Gasteiger partial charge in [-0.05, 0) is 55.0 Å². The van der Waals surface area contributed by atoms with Gasteiger partial charge in [0.1, 0.15) is 17.3 Å². The highest BCUT2D eigenvalue weighted by atomic mass is 79.9. The molecule has 0 fully saturated rings. The van der Waals surface area contributed by atoms with Gasteiger partial charge in [0.05, 0.1) is 28.2 Å². The molecular formula is C25H20BrN3O6. The summed E-state index contributed by atoms with van der Waals surface area (Å²) in [6, 6.07) is 12.2. The lowest BCUT2D eigenvalue weighted by molar-refractivity contribution is 0.0696. The summed E-state index contributed by atoms with van der Waals surface area (Å²) in [4.78, 5) is 40.7. The maximum atomic E-state index is 13.2. The molecule has 0 amide bonds. The van der Waals surface area contributed by atoms with Crippen LogP contribution in [0.15, 0.2) is 67.3 Å². The van der Waals surface area contributed by atoms with Crippen LogP contribution in [0.25, 0.3) is 22.2 Å². The van der Waals surface area contributed by atoms with Gasteiger partial charge in [0.15, 0.2) is 0 Å². The zero-order valence-corrected chi connectivity index (χ0v) is 20.3. The van der Waals surface area contributed by atoms with Crippen LogP contribution in [-0.2, 0) is 0 Å². The Bertz CT molecular complexity index is 1520. The maximum absolute atomic E-state index is 13.2. The van der Waals surface area contributed by atoms with Gasteiger partial charge in [0.25, 0.3) is 5.56 Å². The first-order valence-electron chi connectivity index (χ1n) is 10.7. The summed E-state index contributed by atoms with van der Waals surface area (Å²) in [5.74, 6) is -1.49. The highest BCUT2D eigenvalue weighted by Crippen LogP contribution is 2.25. The molecule has 2 aromatic heterocycles. The van der Waals surface area contributed by atoms with Gasteiger partial charge in [0, 0.05) is 16.0 Å². The van der Waals surface area contributed by atoms with Gasteiger partial charge in [-0.1, -0.05) is 29.8 Å². The van der Waals surface area contributed by atoms with Crippen LogP contribution in [0.4, 0.5) is 0 Å². The monoisotopic (exact) mass is 537 g/mol. The number of aromatic carboxylic acids is 2. The topological polar surface area (TPSA) is 135 Å². The third-order valence-electron chi connectivity index (χ3n) is 5.53. The van der Waals surface area contributed by atoms with Crippen LogP contribution in [-0.4, -0.2) is 38.0 Å². The van der Waals surface area contributed by atoms with Gasteiger partial charge in [-0.3, -0.25) is 4.79 Å². The van der Waals surface area contributed by atoms with Gasteiger partial charge in [-0.2, -0.15) is 9.78 Å². The summed E-state index contributed by atoms with van der Waals surface area (Å²) in [7, 11) is 0. The number of carbonyl (C=O) groups is 2. The number of halogens is 1. The molecule has 0 unspecified atom stereocenters. The number of rotatable bonds is 7. The molecule has 2 aromatic carbocycles. The molecule has 4 aromatic rings. The minimum Gasteiger partial charge on any atom is -0.478 e. The Morgan fingerprint density at radius 2 is 1.80 bits per heavy atom. The molecule has 178 valence electrons. The molecule has 9 nitrogen and oxygen atoms in total. The van der Waals surface area contributed by atoms with E-state index in [1.165, 1.54) is 23.0 Å². The zero-order valence-electron chi connectivity index (χ0n) is 18.7. The van der Waals surface area contributed by atoms with Crippen LogP contribution in [0.5, 0.6) is 0 Å². The number of hydrogen-bond donors (Lipinski definition) is 2. The van der Waals surface area contributed by atoms with Crippen molar-refractivity contribution in [3.63, 3.8) is 0 Å². The minimum absolute atomic E-state index is 0.0340. The molecule has 2 N–H and O–H groups in total. The van der Waals surface area contributed by atoms with E-state index in [1.54, 1.807) is 24.3 Å². The van der Waals surface area contributed by atoms with Gasteiger partial charge in [-0.15, -0.1) is 0 Å². The Hall–Kier alpha value is -4.05. The lowest BCUT2D eigenvalue weighted by Gasteiger charge is -2.13. The molecule has 1 atom stereocenters. The number of aromatic nitrogens is 2. The van der Waals surface area contributed by atoms with E-state index in [9.17, 15) is 24.6 Å². The predicted molar refractivity (Wildman–Crippen MR) is 133 cm³/mol. The van der Waals surface area contributed by atoms with Crippen molar-refractivity contribution in [2.45, 2.75) is 26.2 Å². The van der Waals surface area contributed by atoms with Crippen LogP contribution in [0.1, 0.15) is 58.5 Å². The second-order valence-electron chi connectivity index (χ2n) is 7.91. The fraction of sp³-hybridized carbons (Fsp3) is 0.160. The molecular weight excluding hydrogens is 518 g/mol. The summed E-state index contributed by atoms with van der Waals surface area (Å²) >= 11 is 3.38. The second kappa shape index (κ2) is 9.67. The number of fused-ring (bicyclic) bond motifs is 1. The van der Waals surface area contributed by atoms with Crippen molar-refractivity contribution in [2.24, 2.45) is 5.10 Å². The Morgan fingerprint density at radius 3 is 2.43 bits per heavy atom. The normalized spacial score (nSPS) is 12.3. The van der Waals surface area contributed by atoms with E-state index in [4.69, 9.17) is 4.42 Å². The van der Waals surface area contributed by atoms with Gasteiger partial charge < -0.3 is 14.6 Å². The van der Waals surface area contributed by atoms with Crippen LogP contribution < -0.4 is 5.56 Å². The van der Waals surface area contributed by atoms with Crippen LogP contribution in [0.3, 0.4) is 0 Å². The number of carboxylic acid groups (broad SMARTS) is 2. The van der Waals surface area contributed by atoms with E-state index in [0.29, 0.717) is 16.7 Å². The van der Waals surface area contributed by atoms with Crippen molar-refractivity contribution in [1.82, 2.24) is 9.66 Å². The average Bonchev–Trinajstić information content (AvgIpc) is 3.32. The van der Waals surface area contributed by atoms with Gasteiger partial charge in [0.2, 0.25) is 0 Å². The van der Waals surface area contributed by atoms with Crippen molar-refractivity contribution in [1.29, 1.82) is 0 Å². The Labute approximate surface area is 207 Å². The fourth-order valence-corrected chi connectivity index (χ4v) is 3.85. The summed E-state index contributed by atoms with van der Waals surface area (Å²) < 4.78 is 7.75. The molecule has 0 spiro atoms. The lowest BCUT2D eigenvalue weighted by atomic mass is 10.0. The zero-order chi connectivity index (χ0) is 25.3. The molecule has 0 aliphatic carbocycles. The highest BCUT2D eigenvalue weighted by molar-refractivity contribution is 9.10. The van der Waals surface area contributed by atoms with Gasteiger partial charge in [-0.25, -0.2) is 14.6 Å². The van der Waals surface area contributed by atoms with Gasteiger partial charge >= 0.3 is 11.9 Å². The molecule has 0 radical (unpaired) electrons. The standard InChI is InChI=1S/C25H20BrN3O6/c1-3-13(2)22-28-20-6-4-17(26)11-19(20)23(30)29(22)27-12-18-5-7-21(35-18)14-8-15(24(31)32)10-16(9-14)25(33)34/h4-13H,3H2,1-2H3,(H,31,32)(H,33,34)/t13-/m0/s1. The third kappa shape index (κ3) is 4.92. The van der Waals surface area contributed by atoms with Crippen LogP contribution >= 0.6 is 15.9 Å². The Morgan fingerprint density at radius 1 is 1.11 bits per heavy atom. The number of benzene rings is 2.